The van der Waals surface area contributed by atoms with Gasteiger partial charge in [-0.3, -0.25) is 4.79 Å². The topological polar surface area (TPSA) is 77.0 Å². The van der Waals surface area contributed by atoms with Crippen LogP contribution in [-0.4, -0.2) is 63.8 Å². The van der Waals surface area contributed by atoms with E-state index in [0.717, 1.165) is 0 Å². The molecule has 1 rings (SSSR count). The lowest BCUT2D eigenvalue weighted by Gasteiger charge is -2.09. The molecule has 0 unspecified atom stereocenters. The quantitative estimate of drug-likeness (QED) is 0.489. The van der Waals surface area contributed by atoms with Gasteiger partial charge in [-0.1, -0.05) is 24.3 Å². The van der Waals surface area contributed by atoms with Gasteiger partial charge in [0.05, 0.1) is 52.2 Å². The summed E-state index contributed by atoms with van der Waals surface area (Å²) in [4.78, 5) is 11.6. The van der Waals surface area contributed by atoms with Gasteiger partial charge in [0.25, 0.3) is 0 Å². The summed E-state index contributed by atoms with van der Waals surface area (Å²) in [6.45, 7) is 3.27. The van der Waals surface area contributed by atoms with Crippen LogP contribution in [0.5, 0.6) is 0 Å². The number of carbonyl (C=O) groups excluding carboxylic acids is 1. The summed E-state index contributed by atoms with van der Waals surface area (Å²) in [5, 5.41) is 11.3. The minimum absolute atomic E-state index is 0.00381. The number of carbonyl (C=O) groups is 1. The Morgan fingerprint density at radius 1 is 0.950 bits per heavy atom. The van der Waals surface area contributed by atoms with Crippen LogP contribution in [0.15, 0.2) is 24.3 Å². The number of allylic oxidation sites excluding steroid dienone is 2. The summed E-state index contributed by atoms with van der Waals surface area (Å²) >= 11 is 0. The zero-order valence-corrected chi connectivity index (χ0v) is 11.6. The van der Waals surface area contributed by atoms with Crippen LogP contribution in [0, 0.1) is 5.92 Å². The van der Waals surface area contributed by atoms with Gasteiger partial charge in [0.15, 0.2) is 0 Å². The van der Waals surface area contributed by atoms with E-state index in [4.69, 9.17) is 19.3 Å². The van der Waals surface area contributed by atoms with E-state index in [-0.39, 0.29) is 18.4 Å². The summed E-state index contributed by atoms with van der Waals surface area (Å²) < 4.78 is 15.6. The number of aliphatic hydroxyl groups excluding tert-OH is 1. The van der Waals surface area contributed by atoms with Crippen molar-refractivity contribution in [2.75, 3.05) is 52.8 Å². The molecule has 0 radical (unpaired) electrons. The highest BCUT2D eigenvalue weighted by Crippen LogP contribution is 2.07. The summed E-state index contributed by atoms with van der Waals surface area (Å²) in [5.41, 5.74) is 0. The predicted molar refractivity (Wildman–Crippen MR) is 74.3 cm³/mol. The van der Waals surface area contributed by atoms with Gasteiger partial charge in [0, 0.05) is 6.54 Å². The number of ether oxygens (including phenoxy) is 3. The molecule has 20 heavy (non-hydrogen) atoms. The van der Waals surface area contributed by atoms with E-state index in [1.165, 1.54) is 0 Å². The maximum Gasteiger partial charge on any atom is 0.230 e. The van der Waals surface area contributed by atoms with E-state index in [9.17, 15) is 4.79 Å². The van der Waals surface area contributed by atoms with E-state index in [0.29, 0.717) is 46.2 Å². The summed E-state index contributed by atoms with van der Waals surface area (Å²) in [5.74, 6) is -0.145. The van der Waals surface area contributed by atoms with Crippen molar-refractivity contribution in [2.45, 2.75) is 0 Å². The Morgan fingerprint density at radius 3 is 2.10 bits per heavy atom. The average Bonchev–Trinajstić information content (AvgIpc) is 2.99. The molecule has 1 amide bonds. The lowest BCUT2D eigenvalue weighted by Crippen LogP contribution is -2.31. The van der Waals surface area contributed by atoms with Crippen molar-refractivity contribution < 1.29 is 24.1 Å². The monoisotopic (exact) mass is 285 g/mol. The molecule has 0 atom stereocenters. The summed E-state index contributed by atoms with van der Waals surface area (Å²) in [7, 11) is 0. The predicted octanol–water partition coefficient (Wildman–Crippen LogP) is -0.113. The van der Waals surface area contributed by atoms with Crippen LogP contribution in [0.3, 0.4) is 0 Å². The maximum absolute atomic E-state index is 11.6. The maximum atomic E-state index is 11.6. The van der Waals surface area contributed by atoms with Gasteiger partial charge < -0.3 is 24.6 Å². The molecule has 0 aromatic carbocycles. The van der Waals surface area contributed by atoms with Gasteiger partial charge in [0.2, 0.25) is 5.91 Å². The smallest absolute Gasteiger partial charge is 0.230 e. The lowest BCUT2D eigenvalue weighted by atomic mass is 10.1. The standard InChI is InChI=1S/C14H23NO5/c16-6-8-19-10-12-20-11-9-18-7-5-15-14(17)13-3-1-2-4-13/h1-4,13,16H,5-12H2,(H,15,17). The second kappa shape index (κ2) is 11.6. The van der Waals surface area contributed by atoms with Crippen LogP contribution >= 0.6 is 0 Å². The van der Waals surface area contributed by atoms with Crippen molar-refractivity contribution in [3.05, 3.63) is 24.3 Å². The number of hydrogen-bond acceptors (Lipinski definition) is 5. The highest BCUT2D eigenvalue weighted by Gasteiger charge is 2.12. The van der Waals surface area contributed by atoms with Crippen LogP contribution in [0.1, 0.15) is 0 Å². The number of rotatable bonds is 12. The van der Waals surface area contributed by atoms with Crippen LogP contribution in [0.25, 0.3) is 0 Å². The number of amides is 1. The third-order valence-electron chi connectivity index (χ3n) is 2.58. The first-order chi connectivity index (χ1) is 9.84. The van der Waals surface area contributed by atoms with Crippen LogP contribution in [0.2, 0.25) is 0 Å². The molecule has 6 heteroatoms. The van der Waals surface area contributed by atoms with Gasteiger partial charge in [-0.15, -0.1) is 0 Å². The zero-order valence-electron chi connectivity index (χ0n) is 11.6. The van der Waals surface area contributed by atoms with Crippen molar-refractivity contribution in [2.24, 2.45) is 5.92 Å². The van der Waals surface area contributed by atoms with E-state index in [2.05, 4.69) is 5.32 Å². The molecule has 114 valence electrons. The molecule has 1 aliphatic carbocycles. The van der Waals surface area contributed by atoms with Crippen molar-refractivity contribution in [3.63, 3.8) is 0 Å². The highest BCUT2D eigenvalue weighted by atomic mass is 16.5. The Bertz CT molecular complexity index is 305. The molecule has 1 aliphatic rings. The molecule has 6 nitrogen and oxygen atoms in total. The zero-order chi connectivity index (χ0) is 14.5. The summed E-state index contributed by atoms with van der Waals surface area (Å²) in [6, 6.07) is 0. The second-order valence-electron chi connectivity index (χ2n) is 4.15. The molecule has 0 heterocycles. The van der Waals surface area contributed by atoms with Crippen molar-refractivity contribution in [1.82, 2.24) is 5.32 Å². The van der Waals surface area contributed by atoms with Gasteiger partial charge in [-0.25, -0.2) is 0 Å². The molecule has 0 saturated heterocycles. The Labute approximate surface area is 119 Å². The first-order valence-corrected chi connectivity index (χ1v) is 6.81. The molecule has 0 aliphatic heterocycles. The van der Waals surface area contributed by atoms with Crippen LogP contribution < -0.4 is 5.32 Å². The van der Waals surface area contributed by atoms with E-state index in [1.54, 1.807) is 0 Å². The Morgan fingerprint density at radius 2 is 1.50 bits per heavy atom. The first-order valence-electron chi connectivity index (χ1n) is 6.81. The average molecular weight is 285 g/mol. The van der Waals surface area contributed by atoms with E-state index < -0.39 is 0 Å². The molecule has 0 bridgehead atoms. The SMILES string of the molecule is O=C(NCCOCCOCCOCCO)C1C=CC=C1. The number of nitrogens with one attached hydrogen (secondary N) is 1. The molecule has 0 fully saturated rings. The molecule has 0 aromatic rings. The fourth-order valence-corrected chi connectivity index (χ4v) is 1.58. The fraction of sp³-hybridized carbons (Fsp3) is 0.643. The van der Waals surface area contributed by atoms with E-state index in [1.807, 2.05) is 24.3 Å². The molecule has 0 saturated carbocycles. The normalized spacial score (nSPS) is 14.1. The summed E-state index contributed by atoms with van der Waals surface area (Å²) in [6.07, 6.45) is 7.43. The highest BCUT2D eigenvalue weighted by molar-refractivity contribution is 5.83. The minimum atomic E-state index is -0.141. The van der Waals surface area contributed by atoms with Crippen molar-refractivity contribution >= 4 is 5.91 Å². The lowest BCUT2D eigenvalue weighted by molar-refractivity contribution is -0.122. The van der Waals surface area contributed by atoms with Gasteiger partial charge >= 0.3 is 0 Å². The Balaban J connectivity index is 1.79. The molecule has 0 spiro atoms. The largest absolute Gasteiger partial charge is 0.394 e. The third-order valence-corrected chi connectivity index (χ3v) is 2.58. The fourth-order valence-electron chi connectivity index (χ4n) is 1.58. The number of hydrogen-bond donors (Lipinski definition) is 2. The molecule has 0 aromatic heterocycles. The molecular weight excluding hydrogens is 262 g/mol. The molecule has 2 N–H and O–H groups in total. The van der Waals surface area contributed by atoms with Gasteiger partial charge in [-0.05, 0) is 0 Å². The van der Waals surface area contributed by atoms with E-state index >= 15 is 0 Å². The van der Waals surface area contributed by atoms with Crippen molar-refractivity contribution in [3.8, 4) is 0 Å². The van der Waals surface area contributed by atoms with Gasteiger partial charge in [-0.2, -0.15) is 0 Å². The van der Waals surface area contributed by atoms with Crippen molar-refractivity contribution in [1.29, 1.82) is 0 Å². The number of aliphatic hydroxyl groups is 1. The molecular formula is C14H23NO5. The van der Waals surface area contributed by atoms with Crippen LogP contribution in [-0.2, 0) is 19.0 Å². The third kappa shape index (κ3) is 8.06. The first kappa shape index (κ1) is 16.8. The second-order valence-corrected chi connectivity index (χ2v) is 4.15. The Hall–Kier alpha value is -1.21. The minimum Gasteiger partial charge on any atom is -0.394 e. The van der Waals surface area contributed by atoms with Crippen LogP contribution in [0.4, 0.5) is 0 Å². The Kier molecular flexibility index (Phi) is 9.77. The van der Waals surface area contributed by atoms with Gasteiger partial charge in [0.1, 0.15) is 0 Å².